The number of nitrogens with zero attached hydrogens (tertiary/aromatic N) is 2. The minimum absolute atomic E-state index is 0.360. The number of carboxylic acid groups (broad SMARTS) is 1. The number of anilines is 2. The van der Waals surface area contributed by atoms with Crippen LogP contribution in [-0.4, -0.2) is 16.1 Å². The average Bonchev–Trinajstić information content (AvgIpc) is 2.37. The Labute approximate surface area is 120 Å². The summed E-state index contributed by atoms with van der Waals surface area (Å²) in [6.45, 7) is 3.50. The van der Waals surface area contributed by atoms with Crippen molar-refractivity contribution in [3.8, 4) is 6.07 Å². The Bertz CT molecular complexity index is 766. The number of rotatable bonds is 3. The zero-order chi connectivity index (χ0) is 15.6. The highest BCUT2D eigenvalue weighted by Crippen LogP contribution is 2.24. The van der Waals surface area contributed by atoms with Gasteiger partial charge in [0.25, 0.3) is 0 Å². The molecule has 106 valence electrons. The Hall–Kier alpha value is -2.94. The molecule has 2 aromatic rings. The summed E-state index contributed by atoms with van der Waals surface area (Å²) < 4.78 is 13.6. The minimum atomic E-state index is -1.33. The summed E-state index contributed by atoms with van der Waals surface area (Å²) in [5, 5.41) is 20.9. The molecule has 0 aliphatic rings. The molecular formula is C15H12FN3O2. The molecule has 0 radical (unpaired) electrons. The second-order valence-corrected chi connectivity index (χ2v) is 4.51. The lowest BCUT2D eigenvalue weighted by atomic mass is 10.1. The van der Waals surface area contributed by atoms with E-state index in [9.17, 15) is 9.18 Å². The van der Waals surface area contributed by atoms with E-state index in [0.717, 1.165) is 11.8 Å². The van der Waals surface area contributed by atoms with Gasteiger partial charge < -0.3 is 10.4 Å². The Morgan fingerprint density at radius 1 is 1.38 bits per heavy atom. The van der Waals surface area contributed by atoms with Crippen molar-refractivity contribution in [2.45, 2.75) is 13.8 Å². The van der Waals surface area contributed by atoms with Crippen molar-refractivity contribution < 1.29 is 14.3 Å². The molecule has 0 saturated heterocycles. The molecule has 1 aromatic heterocycles. The Morgan fingerprint density at radius 2 is 2.10 bits per heavy atom. The monoisotopic (exact) mass is 285 g/mol. The third kappa shape index (κ3) is 2.98. The molecule has 0 unspecified atom stereocenters. The number of carboxylic acids is 1. The van der Waals surface area contributed by atoms with E-state index in [2.05, 4.69) is 10.3 Å². The maximum Gasteiger partial charge on any atom is 0.338 e. The average molecular weight is 285 g/mol. The molecule has 21 heavy (non-hydrogen) atoms. The Kier molecular flexibility index (Phi) is 3.85. The summed E-state index contributed by atoms with van der Waals surface area (Å²) in [7, 11) is 0. The molecular weight excluding hydrogens is 273 g/mol. The first-order valence-electron chi connectivity index (χ1n) is 6.10. The maximum absolute atomic E-state index is 13.6. The van der Waals surface area contributed by atoms with E-state index in [1.54, 1.807) is 19.9 Å². The number of carbonyl (C=O) groups is 1. The number of aromatic carboxylic acids is 1. The zero-order valence-electron chi connectivity index (χ0n) is 11.4. The van der Waals surface area contributed by atoms with Crippen molar-refractivity contribution in [2.75, 3.05) is 5.32 Å². The molecule has 0 amide bonds. The number of benzene rings is 1. The highest BCUT2D eigenvalue weighted by molar-refractivity contribution is 5.88. The Balaban J connectivity index is 2.42. The second kappa shape index (κ2) is 5.59. The van der Waals surface area contributed by atoms with Gasteiger partial charge in [-0.1, -0.05) is 0 Å². The first-order valence-corrected chi connectivity index (χ1v) is 6.10. The third-order valence-corrected chi connectivity index (χ3v) is 2.92. The van der Waals surface area contributed by atoms with Crippen LogP contribution in [0.1, 0.15) is 27.3 Å². The van der Waals surface area contributed by atoms with Gasteiger partial charge in [-0.25, -0.2) is 9.18 Å². The lowest BCUT2D eigenvalue weighted by molar-refractivity contribution is 0.0692. The summed E-state index contributed by atoms with van der Waals surface area (Å²) in [6, 6.07) is 7.41. The number of aromatic nitrogens is 1. The predicted molar refractivity (Wildman–Crippen MR) is 75.1 cm³/mol. The smallest absolute Gasteiger partial charge is 0.338 e. The first kappa shape index (κ1) is 14.5. The van der Waals surface area contributed by atoms with Crippen LogP contribution in [0.5, 0.6) is 0 Å². The normalized spacial score (nSPS) is 10.0. The number of pyridine rings is 1. The number of hydrogen-bond donors (Lipinski definition) is 2. The molecule has 0 aliphatic heterocycles. The van der Waals surface area contributed by atoms with Crippen LogP contribution in [0.3, 0.4) is 0 Å². The molecule has 5 nitrogen and oxygen atoms in total. The van der Waals surface area contributed by atoms with Gasteiger partial charge in [0.05, 0.1) is 22.5 Å². The van der Waals surface area contributed by atoms with E-state index in [1.807, 2.05) is 6.07 Å². The van der Waals surface area contributed by atoms with Crippen LogP contribution in [0.2, 0.25) is 0 Å². The minimum Gasteiger partial charge on any atom is -0.478 e. The molecule has 1 heterocycles. The highest BCUT2D eigenvalue weighted by Gasteiger charge is 2.12. The summed E-state index contributed by atoms with van der Waals surface area (Å²) in [4.78, 5) is 15.0. The van der Waals surface area contributed by atoms with Gasteiger partial charge in [-0.05, 0) is 38.1 Å². The van der Waals surface area contributed by atoms with Crippen molar-refractivity contribution in [1.82, 2.24) is 4.98 Å². The molecule has 0 aliphatic carbocycles. The quantitative estimate of drug-likeness (QED) is 0.904. The van der Waals surface area contributed by atoms with E-state index in [0.29, 0.717) is 22.6 Å². The number of nitrogens with one attached hydrogen (secondary N) is 1. The van der Waals surface area contributed by atoms with Crippen molar-refractivity contribution in [3.63, 3.8) is 0 Å². The van der Waals surface area contributed by atoms with Gasteiger partial charge in [-0.3, -0.25) is 4.98 Å². The van der Waals surface area contributed by atoms with Gasteiger partial charge in [0.15, 0.2) is 0 Å². The van der Waals surface area contributed by atoms with Crippen molar-refractivity contribution in [3.05, 3.63) is 52.6 Å². The van der Waals surface area contributed by atoms with Gasteiger partial charge >= 0.3 is 5.97 Å². The summed E-state index contributed by atoms with van der Waals surface area (Å²) in [6.07, 6.45) is 0. The SMILES string of the molecule is Cc1cc(Nc2ccc(C(=O)O)c(F)c2)c(C#N)c(C)n1. The van der Waals surface area contributed by atoms with Gasteiger partial charge in [0.2, 0.25) is 0 Å². The fourth-order valence-electron chi connectivity index (χ4n) is 1.99. The second-order valence-electron chi connectivity index (χ2n) is 4.51. The maximum atomic E-state index is 13.6. The molecule has 6 heteroatoms. The van der Waals surface area contributed by atoms with Gasteiger partial charge in [-0.15, -0.1) is 0 Å². The van der Waals surface area contributed by atoms with Crippen LogP contribution in [-0.2, 0) is 0 Å². The van der Waals surface area contributed by atoms with E-state index in [-0.39, 0.29) is 0 Å². The fraction of sp³-hybridized carbons (Fsp3) is 0.133. The lowest BCUT2D eigenvalue weighted by Crippen LogP contribution is -2.03. The lowest BCUT2D eigenvalue weighted by Gasteiger charge is -2.11. The van der Waals surface area contributed by atoms with Crippen LogP contribution in [0, 0.1) is 31.0 Å². The summed E-state index contributed by atoms with van der Waals surface area (Å²) >= 11 is 0. The van der Waals surface area contributed by atoms with Crippen LogP contribution >= 0.6 is 0 Å². The van der Waals surface area contributed by atoms with Crippen LogP contribution in [0.4, 0.5) is 15.8 Å². The number of hydrogen-bond acceptors (Lipinski definition) is 4. The zero-order valence-corrected chi connectivity index (χ0v) is 11.4. The van der Waals surface area contributed by atoms with Crippen LogP contribution < -0.4 is 5.32 Å². The van der Waals surface area contributed by atoms with Gasteiger partial charge in [0, 0.05) is 11.4 Å². The molecule has 0 spiro atoms. The molecule has 0 fully saturated rings. The Morgan fingerprint density at radius 3 is 2.67 bits per heavy atom. The molecule has 0 bridgehead atoms. The number of halogens is 1. The van der Waals surface area contributed by atoms with Crippen LogP contribution in [0.15, 0.2) is 24.3 Å². The topological polar surface area (TPSA) is 86.0 Å². The van der Waals surface area contributed by atoms with E-state index < -0.39 is 17.3 Å². The largest absolute Gasteiger partial charge is 0.478 e. The highest BCUT2D eigenvalue weighted by atomic mass is 19.1. The van der Waals surface area contributed by atoms with E-state index >= 15 is 0 Å². The molecule has 2 rings (SSSR count). The molecule has 0 atom stereocenters. The van der Waals surface area contributed by atoms with Gasteiger partial charge in [0.1, 0.15) is 11.9 Å². The third-order valence-electron chi connectivity index (χ3n) is 2.92. The van der Waals surface area contributed by atoms with Crippen LogP contribution in [0.25, 0.3) is 0 Å². The number of aryl methyl sites for hydroxylation is 2. The molecule has 2 N–H and O–H groups in total. The predicted octanol–water partition coefficient (Wildman–Crippen LogP) is 3.15. The molecule has 1 aromatic carbocycles. The van der Waals surface area contributed by atoms with Crippen molar-refractivity contribution in [2.24, 2.45) is 0 Å². The molecule has 0 saturated carbocycles. The van der Waals surface area contributed by atoms with E-state index in [4.69, 9.17) is 10.4 Å². The van der Waals surface area contributed by atoms with E-state index in [1.165, 1.54) is 12.1 Å². The van der Waals surface area contributed by atoms with Gasteiger partial charge in [-0.2, -0.15) is 5.26 Å². The summed E-state index contributed by atoms with van der Waals surface area (Å²) in [5.74, 6) is -2.17. The van der Waals surface area contributed by atoms with Crippen molar-refractivity contribution >= 4 is 17.3 Å². The summed E-state index contributed by atoms with van der Waals surface area (Å²) in [5.41, 5.74) is 2.12. The fourth-order valence-corrected chi connectivity index (χ4v) is 1.99. The van der Waals surface area contributed by atoms with Crippen molar-refractivity contribution in [1.29, 1.82) is 5.26 Å². The standard InChI is InChI=1S/C15H12FN3O2/c1-8-5-14(12(7-17)9(2)18-8)19-10-3-4-11(15(20)21)13(16)6-10/h3-6H,1-2H3,(H,18,19)(H,20,21). The first-order chi connectivity index (χ1) is 9.92. The number of nitriles is 1.